The van der Waals surface area contributed by atoms with Crippen molar-refractivity contribution in [3.63, 3.8) is 0 Å². The summed E-state index contributed by atoms with van der Waals surface area (Å²) in [6, 6.07) is 3.08. The number of rotatable bonds is 4. The predicted octanol–water partition coefficient (Wildman–Crippen LogP) is 4.50. The molecule has 0 aliphatic carbocycles. The fraction of sp³-hybridized carbons (Fsp3) is 0.429. The van der Waals surface area contributed by atoms with Crippen LogP contribution in [-0.2, 0) is 4.74 Å². The fourth-order valence-corrected chi connectivity index (χ4v) is 3.23. The Kier molecular flexibility index (Phi) is 4.95. The van der Waals surface area contributed by atoms with Gasteiger partial charge in [0, 0.05) is 16.3 Å². The zero-order chi connectivity index (χ0) is 15.5. The first-order chi connectivity index (χ1) is 10.6. The maximum atomic E-state index is 12.7. The number of fused-ring (bicyclic) bond motifs is 1. The van der Waals surface area contributed by atoms with Crippen LogP contribution >= 0.6 is 23.4 Å². The maximum absolute atomic E-state index is 12.7. The van der Waals surface area contributed by atoms with E-state index in [9.17, 15) is 8.78 Å². The van der Waals surface area contributed by atoms with Crippen LogP contribution in [-0.4, -0.2) is 28.6 Å². The molecule has 1 unspecified atom stereocenters. The smallest absolute Gasteiger partial charge is 0.288 e. The molecular weight excluding hydrogens is 334 g/mol. The largest absolute Gasteiger partial charge is 0.447 e. The molecule has 8 heteroatoms. The van der Waals surface area contributed by atoms with Gasteiger partial charge in [-0.05, 0) is 25.0 Å². The molecule has 1 atom stereocenters. The predicted molar refractivity (Wildman–Crippen MR) is 80.6 cm³/mol. The topological polar surface area (TPSA) is 44.2 Å². The van der Waals surface area contributed by atoms with Gasteiger partial charge in [0.25, 0.3) is 5.76 Å². The van der Waals surface area contributed by atoms with Crippen molar-refractivity contribution in [2.24, 2.45) is 0 Å². The molecule has 1 aromatic carbocycles. The Morgan fingerprint density at radius 1 is 1.32 bits per heavy atom. The van der Waals surface area contributed by atoms with Gasteiger partial charge in [0.1, 0.15) is 6.33 Å². The fourth-order valence-electron chi connectivity index (χ4n) is 2.29. The summed E-state index contributed by atoms with van der Waals surface area (Å²) in [4.78, 5) is 8.48. The van der Waals surface area contributed by atoms with Crippen molar-refractivity contribution in [3.8, 4) is 5.88 Å². The molecule has 1 saturated heterocycles. The molecule has 1 aliphatic rings. The Morgan fingerprint density at radius 2 is 2.18 bits per heavy atom. The number of hydrogen-bond acceptors (Lipinski definition) is 5. The van der Waals surface area contributed by atoms with Crippen LogP contribution in [0.5, 0.6) is 5.88 Å². The normalized spacial score (nSPS) is 18.8. The molecule has 0 saturated carbocycles. The lowest BCUT2D eigenvalue weighted by molar-refractivity contribution is -0.107. The Bertz CT molecular complexity index is 669. The second-order valence-corrected chi connectivity index (χ2v) is 6.24. The van der Waals surface area contributed by atoms with Crippen LogP contribution in [0.3, 0.4) is 0 Å². The first-order valence-corrected chi connectivity index (χ1v) is 8.06. The van der Waals surface area contributed by atoms with E-state index in [-0.39, 0.29) is 6.29 Å². The average molecular weight is 347 g/mol. The van der Waals surface area contributed by atoms with Gasteiger partial charge < -0.3 is 9.47 Å². The summed E-state index contributed by atoms with van der Waals surface area (Å²) in [5.74, 6) is -2.25. The molecular formula is C14H13ClF2N2O2S. The summed E-state index contributed by atoms with van der Waals surface area (Å²) >= 11 is 6.42. The van der Waals surface area contributed by atoms with Crippen molar-refractivity contribution >= 4 is 34.3 Å². The van der Waals surface area contributed by atoms with Crippen LogP contribution in [0.1, 0.15) is 19.3 Å². The van der Waals surface area contributed by atoms with E-state index in [1.54, 1.807) is 6.07 Å². The Labute approximate surface area is 135 Å². The zero-order valence-corrected chi connectivity index (χ0v) is 13.0. The summed E-state index contributed by atoms with van der Waals surface area (Å²) in [6.45, 7) is 0.640. The van der Waals surface area contributed by atoms with Gasteiger partial charge in [-0.1, -0.05) is 23.4 Å². The standard InChI is InChI=1S/C14H13ClF2N2O2S/c15-8-5-9-12(10(6-8)22-14(16)17)18-7-19-13(9)21-11-3-1-2-4-20-11/h5-7,11,14H,1-4H2. The number of alkyl halides is 2. The van der Waals surface area contributed by atoms with Crippen LogP contribution in [0.15, 0.2) is 23.4 Å². The average Bonchev–Trinajstić information content (AvgIpc) is 2.48. The van der Waals surface area contributed by atoms with Crippen molar-refractivity contribution in [3.05, 3.63) is 23.5 Å². The van der Waals surface area contributed by atoms with Gasteiger partial charge in [-0.3, -0.25) is 0 Å². The van der Waals surface area contributed by atoms with Gasteiger partial charge in [0.05, 0.1) is 17.5 Å². The number of benzene rings is 1. The SMILES string of the molecule is FC(F)Sc1cc(Cl)cc2c(OC3CCCCO3)ncnc12. The summed E-state index contributed by atoms with van der Waals surface area (Å²) < 4.78 is 36.6. The van der Waals surface area contributed by atoms with Crippen molar-refractivity contribution in [1.82, 2.24) is 9.97 Å². The molecule has 0 N–H and O–H groups in total. The second-order valence-electron chi connectivity index (χ2n) is 4.77. The van der Waals surface area contributed by atoms with E-state index in [1.165, 1.54) is 12.4 Å². The molecule has 0 radical (unpaired) electrons. The highest BCUT2D eigenvalue weighted by atomic mass is 35.5. The van der Waals surface area contributed by atoms with Gasteiger partial charge in [-0.2, -0.15) is 8.78 Å². The lowest BCUT2D eigenvalue weighted by Gasteiger charge is -2.23. The second kappa shape index (κ2) is 6.93. The minimum atomic E-state index is -2.55. The number of nitrogens with zero attached hydrogens (tertiary/aromatic N) is 2. The summed E-state index contributed by atoms with van der Waals surface area (Å²) in [7, 11) is 0. The van der Waals surface area contributed by atoms with Gasteiger partial charge in [0.15, 0.2) is 0 Å². The minimum Gasteiger partial charge on any atom is -0.447 e. The third-order valence-electron chi connectivity index (χ3n) is 3.23. The monoisotopic (exact) mass is 346 g/mol. The summed E-state index contributed by atoms with van der Waals surface area (Å²) in [6.07, 6.45) is 3.71. The van der Waals surface area contributed by atoms with E-state index in [1.807, 2.05) is 0 Å². The van der Waals surface area contributed by atoms with Crippen molar-refractivity contribution in [2.75, 3.05) is 6.61 Å². The number of halogens is 3. The van der Waals surface area contributed by atoms with Crippen molar-refractivity contribution in [2.45, 2.75) is 36.2 Å². The van der Waals surface area contributed by atoms with Gasteiger partial charge in [-0.25, -0.2) is 9.97 Å². The zero-order valence-electron chi connectivity index (χ0n) is 11.5. The Morgan fingerprint density at radius 3 is 2.91 bits per heavy atom. The van der Waals surface area contributed by atoms with Crippen molar-refractivity contribution < 1.29 is 18.3 Å². The Hall–Kier alpha value is -1.18. The first kappa shape index (κ1) is 15.7. The molecule has 0 amide bonds. The van der Waals surface area contributed by atoms with Crippen LogP contribution in [0, 0.1) is 0 Å². The molecule has 118 valence electrons. The van der Waals surface area contributed by atoms with Crippen LogP contribution in [0.25, 0.3) is 10.9 Å². The summed E-state index contributed by atoms with van der Waals surface area (Å²) in [5, 5.41) is 0.840. The van der Waals surface area contributed by atoms with Crippen LogP contribution < -0.4 is 4.74 Å². The molecule has 0 bridgehead atoms. The number of thioether (sulfide) groups is 1. The van der Waals surface area contributed by atoms with Crippen LogP contribution in [0.2, 0.25) is 5.02 Å². The van der Waals surface area contributed by atoms with E-state index in [0.29, 0.717) is 45.1 Å². The van der Waals surface area contributed by atoms with Gasteiger partial charge >= 0.3 is 0 Å². The molecule has 1 fully saturated rings. The van der Waals surface area contributed by atoms with Crippen LogP contribution in [0.4, 0.5) is 8.78 Å². The molecule has 0 spiro atoms. The summed E-state index contributed by atoms with van der Waals surface area (Å²) in [5.41, 5.74) is 0.399. The molecule has 3 rings (SSSR count). The van der Waals surface area contributed by atoms with E-state index in [4.69, 9.17) is 21.1 Å². The lowest BCUT2D eigenvalue weighted by atomic mass is 10.2. The Balaban J connectivity index is 1.98. The van der Waals surface area contributed by atoms with E-state index in [2.05, 4.69) is 9.97 Å². The number of hydrogen-bond donors (Lipinski definition) is 0. The highest BCUT2D eigenvalue weighted by molar-refractivity contribution is 7.99. The third kappa shape index (κ3) is 3.59. The van der Waals surface area contributed by atoms with Crippen molar-refractivity contribution in [1.29, 1.82) is 0 Å². The van der Waals surface area contributed by atoms with E-state index >= 15 is 0 Å². The molecule has 2 heterocycles. The van der Waals surface area contributed by atoms with Gasteiger partial charge in [0.2, 0.25) is 12.2 Å². The molecule has 1 aromatic heterocycles. The third-order valence-corrected chi connectivity index (χ3v) is 4.19. The van der Waals surface area contributed by atoms with E-state index in [0.717, 1.165) is 19.3 Å². The number of ether oxygens (including phenoxy) is 2. The lowest BCUT2D eigenvalue weighted by Crippen LogP contribution is -2.25. The minimum absolute atomic E-state index is 0.300. The van der Waals surface area contributed by atoms with Gasteiger partial charge in [-0.15, -0.1) is 0 Å². The molecule has 4 nitrogen and oxygen atoms in total. The highest BCUT2D eigenvalue weighted by Gasteiger charge is 2.19. The molecule has 1 aliphatic heterocycles. The number of aromatic nitrogens is 2. The molecule has 22 heavy (non-hydrogen) atoms. The maximum Gasteiger partial charge on any atom is 0.288 e. The van der Waals surface area contributed by atoms with E-state index < -0.39 is 5.76 Å². The molecule has 2 aromatic rings. The highest BCUT2D eigenvalue weighted by Crippen LogP contribution is 2.36. The quantitative estimate of drug-likeness (QED) is 0.762. The first-order valence-electron chi connectivity index (χ1n) is 6.81.